The summed E-state index contributed by atoms with van der Waals surface area (Å²) in [4.78, 5) is 11.2. The summed E-state index contributed by atoms with van der Waals surface area (Å²) in [6.45, 7) is 1.86. The van der Waals surface area contributed by atoms with Crippen LogP contribution < -0.4 is 10.6 Å². The third-order valence-electron chi connectivity index (χ3n) is 5.07. The van der Waals surface area contributed by atoms with Crippen LogP contribution in [0.1, 0.15) is 29.7 Å². The number of allylic oxidation sites excluding steroid dienone is 1. The van der Waals surface area contributed by atoms with Crippen molar-refractivity contribution < 1.29 is 0 Å². The monoisotopic (exact) mass is 340 g/mol. The maximum absolute atomic E-state index is 6.68. The minimum Gasteiger partial charge on any atom is -0.356 e. The fraction of sp³-hybridized carbons (Fsp3) is 0.368. The molecule has 0 radical (unpaired) electrons. The Balaban J connectivity index is 1.46. The molecule has 124 valence electrons. The highest BCUT2D eigenvalue weighted by atomic mass is 35.5. The normalized spacial score (nSPS) is 18.7. The zero-order valence-corrected chi connectivity index (χ0v) is 14.3. The number of halogens is 1. The van der Waals surface area contributed by atoms with E-state index in [1.54, 1.807) is 6.33 Å². The van der Waals surface area contributed by atoms with Gasteiger partial charge >= 0.3 is 0 Å². The molecule has 5 heteroatoms. The molecular weight excluding hydrogens is 320 g/mol. The smallest absolute Gasteiger partial charge is 0.139 e. The van der Waals surface area contributed by atoms with Gasteiger partial charge in [0.1, 0.15) is 12.1 Å². The molecule has 4 rings (SSSR count). The Labute approximate surface area is 147 Å². The first-order valence-electron chi connectivity index (χ1n) is 8.42. The Kier molecular flexibility index (Phi) is 4.02. The zero-order chi connectivity index (χ0) is 16.6. The second-order valence-corrected chi connectivity index (χ2v) is 7.25. The van der Waals surface area contributed by atoms with Crippen LogP contribution in [0.3, 0.4) is 0 Å². The number of piperidine rings is 1. The van der Waals surface area contributed by atoms with Gasteiger partial charge in [0.15, 0.2) is 0 Å². The van der Waals surface area contributed by atoms with Gasteiger partial charge in [0.05, 0.1) is 5.69 Å². The Morgan fingerprint density at radius 1 is 1.12 bits per heavy atom. The summed E-state index contributed by atoms with van der Waals surface area (Å²) < 4.78 is 0. The molecule has 2 N–H and O–H groups in total. The predicted octanol–water partition coefficient (Wildman–Crippen LogP) is 3.24. The molecule has 0 saturated carbocycles. The van der Waals surface area contributed by atoms with E-state index in [1.807, 2.05) is 12.1 Å². The summed E-state index contributed by atoms with van der Waals surface area (Å²) in [6.07, 6.45) is 9.69. The van der Waals surface area contributed by atoms with Gasteiger partial charge in [-0.3, -0.25) is 0 Å². The third-order valence-corrected chi connectivity index (χ3v) is 5.32. The van der Waals surface area contributed by atoms with E-state index in [-0.39, 0.29) is 5.54 Å². The number of hydrogen-bond donors (Lipinski definition) is 1. The summed E-state index contributed by atoms with van der Waals surface area (Å²) in [5.74, 6) is 1.06. The summed E-state index contributed by atoms with van der Waals surface area (Å²) in [5.41, 5.74) is 10.1. The lowest BCUT2D eigenvalue weighted by molar-refractivity contribution is 0.330. The highest BCUT2D eigenvalue weighted by Crippen LogP contribution is 2.31. The van der Waals surface area contributed by atoms with Gasteiger partial charge in [0.25, 0.3) is 0 Å². The number of nitrogens with zero attached hydrogens (tertiary/aromatic N) is 3. The van der Waals surface area contributed by atoms with Gasteiger partial charge in [-0.25, -0.2) is 9.97 Å². The first kappa shape index (κ1) is 15.6. The lowest BCUT2D eigenvalue weighted by atomic mass is 9.83. The van der Waals surface area contributed by atoms with Gasteiger partial charge in [-0.1, -0.05) is 35.9 Å². The van der Waals surface area contributed by atoms with Crippen molar-refractivity contribution in [1.29, 1.82) is 0 Å². The third kappa shape index (κ3) is 3.04. The summed E-state index contributed by atoms with van der Waals surface area (Å²) in [6, 6.07) is 8.02. The zero-order valence-electron chi connectivity index (χ0n) is 13.6. The molecule has 2 aromatic rings. The molecule has 1 aromatic heterocycles. The second-order valence-electron chi connectivity index (χ2n) is 6.82. The van der Waals surface area contributed by atoms with E-state index in [1.165, 1.54) is 11.1 Å². The quantitative estimate of drug-likeness (QED) is 0.932. The van der Waals surface area contributed by atoms with Crippen molar-refractivity contribution >= 4 is 23.5 Å². The number of benzene rings is 1. The van der Waals surface area contributed by atoms with E-state index < -0.39 is 0 Å². The van der Waals surface area contributed by atoms with E-state index in [2.05, 4.69) is 39.2 Å². The summed E-state index contributed by atoms with van der Waals surface area (Å²) in [7, 11) is 0. The van der Waals surface area contributed by atoms with Crippen LogP contribution in [0.2, 0.25) is 5.02 Å². The molecule has 2 heterocycles. The highest BCUT2D eigenvalue weighted by Gasteiger charge is 2.32. The average Bonchev–Trinajstić information content (AvgIpc) is 3.06. The topological polar surface area (TPSA) is 55.0 Å². The number of anilines is 1. The summed E-state index contributed by atoms with van der Waals surface area (Å²) in [5, 5.41) is 0.769. The van der Waals surface area contributed by atoms with E-state index in [4.69, 9.17) is 17.3 Å². The van der Waals surface area contributed by atoms with Gasteiger partial charge in [-0.2, -0.15) is 0 Å². The Hall–Kier alpha value is -1.91. The number of hydrogen-bond acceptors (Lipinski definition) is 4. The van der Waals surface area contributed by atoms with Crippen LogP contribution >= 0.6 is 11.6 Å². The van der Waals surface area contributed by atoms with Crippen molar-refractivity contribution in [3.8, 4) is 0 Å². The first-order valence-corrected chi connectivity index (χ1v) is 8.79. The lowest BCUT2D eigenvalue weighted by Crippen LogP contribution is -2.52. The van der Waals surface area contributed by atoms with Crippen molar-refractivity contribution in [3.63, 3.8) is 0 Å². The molecule has 1 saturated heterocycles. The lowest BCUT2D eigenvalue weighted by Gasteiger charge is -2.40. The van der Waals surface area contributed by atoms with Crippen molar-refractivity contribution in [3.05, 3.63) is 58.5 Å². The van der Waals surface area contributed by atoms with E-state index in [9.17, 15) is 0 Å². The summed E-state index contributed by atoms with van der Waals surface area (Å²) >= 11 is 5.97. The van der Waals surface area contributed by atoms with Crippen molar-refractivity contribution in [2.45, 2.75) is 31.2 Å². The maximum Gasteiger partial charge on any atom is 0.139 e. The molecule has 1 aromatic carbocycles. The van der Waals surface area contributed by atoms with Crippen LogP contribution in [-0.2, 0) is 12.8 Å². The molecule has 1 fully saturated rings. The molecule has 2 aliphatic rings. The minimum atomic E-state index is -0.156. The molecule has 1 aliphatic heterocycles. The predicted molar refractivity (Wildman–Crippen MR) is 98.3 cm³/mol. The fourth-order valence-electron chi connectivity index (χ4n) is 3.64. The largest absolute Gasteiger partial charge is 0.356 e. The Bertz CT molecular complexity index is 761. The van der Waals surface area contributed by atoms with Crippen LogP contribution in [0, 0.1) is 0 Å². The van der Waals surface area contributed by atoms with Gasteiger partial charge in [-0.05, 0) is 37.0 Å². The van der Waals surface area contributed by atoms with E-state index in [0.717, 1.165) is 55.3 Å². The van der Waals surface area contributed by atoms with Crippen LogP contribution in [0.15, 0.2) is 36.7 Å². The van der Waals surface area contributed by atoms with E-state index >= 15 is 0 Å². The van der Waals surface area contributed by atoms with E-state index in [0.29, 0.717) is 0 Å². The molecule has 0 spiro atoms. The van der Waals surface area contributed by atoms with Crippen LogP contribution in [0.5, 0.6) is 0 Å². The van der Waals surface area contributed by atoms with Crippen LogP contribution in [0.4, 0.5) is 5.82 Å². The van der Waals surface area contributed by atoms with Gasteiger partial charge < -0.3 is 10.6 Å². The Morgan fingerprint density at radius 2 is 1.88 bits per heavy atom. The van der Waals surface area contributed by atoms with Gasteiger partial charge in [0.2, 0.25) is 0 Å². The molecule has 0 atom stereocenters. The molecule has 24 heavy (non-hydrogen) atoms. The molecule has 4 nitrogen and oxygen atoms in total. The Morgan fingerprint density at radius 3 is 2.62 bits per heavy atom. The number of nitrogens with two attached hydrogens (primary N) is 1. The first-order chi connectivity index (χ1) is 11.6. The SMILES string of the molecule is NC1(Cc2ccc(Cl)cc2)CCN(c2ncnc3c2C=CC3)CC1. The number of aromatic nitrogens is 2. The molecule has 0 bridgehead atoms. The van der Waals surface area contributed by atoms with Crippen molar-refractivity contribution in [2.75, 3.05) is 18.0 Å². The highest BCUT2D eigenvalue weighted by molar-refractivity contribution is 6.30. The maximum atomic E-state index is 6.68. The molecule has 0 unspecified atom stereocenters. The molecule has 0 amide bonds. The number of fused-ring (bicyclic) bond motifs is 1. The molecular formula is C19H21ClN4. The fourth-order valence-corrected chi connectivity index (χ4v) is 3.77. The van der Waals surface area contributed by atoms with Crippen LogP contribution in [0.25, 0.3) is 6.08 Å². The minimum absolute atomic E-state index is 0.156. The van der Waals surface area contributed by atoms with Gasteiger partial charge in [-0.15, -0.1) is 0 Å². The van der Waals surface area contributed by atoms with Crippen LogP contribution in [-0.4, -0.2) is 28.6 Å². The van der Waals surface area contributed by atoms with Crippen molar-refractivity contribution in [1.82, 2.24) is 9.97 Å². The van der Waals surface area contributed by atoms with Gasteiger partial charge in [0, 0.05) is 35.6 Å². The number of rotatable bonds is 3. The average molecular weight is 341 g/mol. The standard InChI is InChI=1S/C19H21ClN4/c20-15-6-4-14(5-7-15)12-19(21)8-10-24(11-9-19)18-16-2-1-3-17(16)22-13-23-18/h1-2,4-7,13H,3,8-12,21H2. The van der Waals surface area contributed by atoms with Crippen molar-refractivity contribution in [2.24, 2.45) is 5.73 Å². The second kappa shape index (κ2) is 6.19. The molecule has 1 aliphatic carbocycles.